The van der Waals surface area contributed by atoms with Crippen molar-refractivity contribution >= 4 is 20.9 Å². The molecule has 3 nitrogen and oxygen atoms in total. The Balaban J connectivity index is 1.54. The summed E-state index contributed by atoms with van der Waals surface area (Å²) >= 11 is 0. The van der Waals surface area contributed by atoms with Crippen molar-refractivity contribution in [1.82, 2.24) is 0 Å². The highest BCUT2D eigenvalue weighted by molar-refractivity contribution is 7.87. The Morgan fingerprint density at radius 3 is 1.79 bits per heavy atom. The Hall–Kier alpha value is -1.39. The van der Waals surface area contributed by atoms with Gasteiger partial charge in [-0.05, 0) is 17.9 Å². The lowest BCUT2D eigenvalue weighted by Gasteiger charge is -2.08. The molecule has 0 N–H and O–H groups in total. The molecule has 0 spiro atoms. The van der Waals surface area contributed by atoms with E-state index in [-0.39, 0.29) is 11.5 Å². The molecule has 2 aromatic carbocycles. The van der Waals surface area contributed by atoms with Crippen molar-refractivity contribution in [1.29, 1.82) is 0 Å². The van der Waals surface area contributed by atoms with E-state index in [2.05, 4.69) is 6.92 Å². The van der Waals surface area contributed by atoms with Gasteiger partial charge in [-0.25, -0.2) is 0 Å². The first-order valence-electron chi connectivity index (χ1n) is 11.5. The van der Waals surface area contributed by atoms with Gasteiger partial charge in [-0.3, -0.25) is 4.18 Å². The summed E-state index contributed by atoms with van der Waals surface area (Å²) in [6.07, 6.45) is 16.5. The second-order valence-electron chi connectivity index (χ2n) is 8.00. The van der Waals surface area contributed by atoms with Crippen molar-refractivity contribution in [3.63, 3.8) is 0 Å². The van der Waals surface area contributed by atoms with Gasteiger partial charge in [-0.1, -0.05) is 120 Å². The topological polar surface area (TPSA) is 43.4 Å². The maximum atomic E-state index is 12.5. The molecule has 2 rings (SSSR count). The van der Waals surface area contributed by atoms with E-state index in [1.54, 1.807) is 12.1 Å². The van der Waals surface area contributed by atoms with E-state index in [0.717, 1.165) is 30.0 Å². The molecule has 2 aromatic rings. The monoisotopic (exact) mass is 418 g/mol. The summed E-state index contributed by atoms with van der Waals surface area (Å²) in [6.45, 7) is 2.53. The van der Waals surface area contributed by atoms with Crippen LogP contribution in [0.25, 0.3) is 10.8 Å². The summed E-state index contributed by atoms with van der Waals surface area (Å²) in [5.41, 5.74) is 0. The third kappa shape index (κ3) is 8.88. The Morgan fingerprint density at radius 1 is 0.655 bits per heavy atom. The van der Waals surface area contributed by atoms with Crippen LogP contribution in [0.2, 0.25) is 0 Å². The van der Waals surface area contributed by atoms with E-state index in [4.69, 9.17) is 4.18 Å². The molecule has 29 heavy (non-hydrogen) atoms. The molecule has 0 atom stereocenters. The molecule has 0 fully saturated rings. The number of fused-ring (bicyclic) bond motifs is 1. The van der Waals surface area contributed by atoms with E-state index in [9.17, 15) is 8.42 Å². The summed E-state index contributed by atoms with van der Waals surface area (Å²) in [7, 11) is -3.70. The third-order valence-corrected chi connectivity index (χ3v) is 6.88. The van der Waals surface area contributed by atoms with Gasteiger partial charge in [0.2, 0.25) is 0 Å². The molecular formula is C25H38O3S. The summed E-state index contributed by atoms with van der Waals surface area (Å²) in [5.74, 6) is 0. The highest BCUT2D eigenvalue weighted by Gasteiger charge is 2.17. The Kier molecular flexibility index (Phi) is 11.3. The second-order valence-corrected chi connectivity index (χ2v) is 9.58. The van der Waals surface area contributed by atoms with Gasteiger partial charge in [0, 0.05) is 5.39 Å². The molecule has 0 saturated heterocycles. The number of rotatable bonds is 16. The number of hydrogen-bond donors (Lipinski definition) is 0. The summed E-state index contributed by atoms with van der Waals surface area (Å²) < 4.78 is 30.4. The van der Waals surface area contributed by atoms with Crippen molar-refractivity contribution < 1.29 is 12.6 Å². The maximum absolute atomic E-state index is 12.5. The fourth-order valence-corrected chi connectivity index (χ4v) is 4.93. The first kappa shape index (κ1) is 23.9. The predicted octanol–water partition coefficient (Wildman–Crippen LogP) is 7.64. The molecule has 0 amide bonds. The minimum absolute atomic E-state index is 0.267. The molecule has 0 radical (unpaired) electrons. The molecule has 4 heteroatoms. The molecule has 0 aliphatic carbocycles. The highest BCUT2D eigenvalue weighted by atomic mass is 32.2. The van der Waals surface area contributed by atoms with Gasteiger partial charge >= 0.3 is 0 Å². The van der Waals surface area contributed by atoms with Crippen molar-refractivity contribution in [2.45, 2.75) is 95.3 Å². The first-order valence-corrected chi connectivity index (χ1v) is 12.9. The molecule has 0 unspecified atom stereocenters. The molecule has 0 bridgehead atoms. The lowest BCUT2D eigenvalue weighted by Crippen LogP contribution is -2.08. The molecule has 0 aliphatic heterocycles. The average Bonchev–Trinajstić information content (AvgIpc) is 2.73. The fraction of sp³-hybridized carbons (Fsp3) is 0.600. The van der Waals surface area contributed by atoms with Gasteiger partial charge in [-0.15, -0.1) is 0 Å². The lowest BCUT2D eigenvalue weighted by atomic mass is 10.0. The van der Waals surface area contributed by atoms with Crippen LogP contribution in [0, 0.1) is 0 Å². The molecule has 0 aromatic heterocycles. The van der Waals surface area contributed by atoms with Crippen molar-refractivity contribution in [2.24, 2.45) is 0 Å². The van der Waals surface area contributed by atoms with Crippen LogP contribution in [-0.2, 0) is 14.3 Å². The maximum Gasteiger partial charge on any atom is 0.297 e. The molecule has 0 aliphatic rings. The van der Waals surface area contributed by atoms with Crippen LogP contribution in [0.4, 0.5) is 0 Å². The van der Waals surface area contributed by atoms with Crippen LogP contribution >= 0.6 is 0 Å². The van der Waals surface area contributed by atoms with Crippen molar-refractivity contribution in [3.8, 4) is 0 Å². The number of unbranched alkanes of at least 4 members (excludes halogenated alkanes) is 12. The zero-order valence-corrected chi connectivity index (χ0v) is 18.9. The van der Waals surface area contributed by atoms with Gasteiger partial charge < -0.3 is 0 Å². The van der Waals surface area contributed by atoms with E-state index in [1.807, 2.05) is 30.3 Å². The fourth-order valence-electron chi connectivity index (χ4n) is 3.77. The van der Waals surface area contributed by atoms with Crippen LogP contribution in [0.1, 0.15) is 90.4 Å². The van der Waals surface area contributed by atoms with E-state index < -0.39 is 10.1 Å². The second kappa shape index (κ2) is 13.8. The van der Waals surface area contributed by atoms with E-state index in [1.165, 1.54) is 64.2 Å². The Morgan fingerprint density at radius 2 is 1.17 bits per heavy atom. The first-order chi connectivity index (χ1) is 14.1. The predicted molar refractivity (Wildman–Crippen MR) is 123 cm³/mol. The van der Waals surface area contributed by atoms with Gasteiger partial charge in [-0.2, -0.15) is 8.42 Å². The normalized spacial score (nSPS) is 11.9. The summed E-state index contributed by atoms with van der Waals surface area (Å²) in [5, 5.41) is 1.64. The van der Waals surface area contributed by atoms with Crippen LogP contribution < -0.4 is 0 Å². The van der Waals surface area contributed by atoms with Crippen molar-refractivity contribution in [2.75, 3.05) is 6.61 Å². The summed E-state index contributed by atoms with van der Waals surface area (Å²) in [4.78, 5) is 0.269. The Labute approximate surface area is 178 Å². The minimum Gasteiger partial charge on any atom is -0.266 e. The molecular weight excluding hydrogens is 380 g/mol. The Bertz CT molecular complexity index is 793. The lowest BCUT2D eigenvalue weighted by molar-refractivity contribution is 0.306. The molecule has 0 saturated carbocycles. The van der Waals surface area contributed by atoms with Gasteiger partial charge in [0.25, 0.3) is 10.1 Å². The third-order valence-electron chi connectivity index (χ3n) is 5.51. The van der Waals surface area contributed by atoms with E-state index >= 15 is 0 Å². The minimum atomic E-state index is -3.70. The SMILES string of the molecule is CCCCCCCCCCCCCCCOS(=O)(=O)c1cccc2ccccc12. The van der Waals surface area contributed by atoms with Crippen LogP contribution in [0.5, 0.6) is 0 Å². The quantitative estimate of drug-likeness (QED) is 0.208. The summed E-state index contributed by atoms with van der Waals surface area (Å²) in [6, 6.07) is 12.8. The van der Waals surface area contributed by atoms with E-state index in [0.29, 0.717) is 0 Å². The van der Waals surface area contributed by atoms with Crippen LogP contribution in [0.15, 0.2) is 47.4 Å². The molecule has 162 valence electrons. The number of hydrogen-bond acceptors (Lipinski definition) is 3. The largest absolute Gasteiger partial charge is 0.297 e. The van der Waals surface area contributed by atoms with Gasteiger partial charge in [0.05, 0.1) is 6.61 Å². The zero-order valence-electron chi connectivity index (χ0n) is 18.1. The zero-order chi connectivity index (χ0) is 20.8. The highest BCUT2D eigenvalue weighted by Crippen LogP contribution is 2.24. The van der Waals surface area contributed by atoms with Crippen molar-refractivity contribution in [3.05, 3.63) is 42.5 Å². The van der Waals surface area contributed by atoms with Crippen LogP contribution in [0.3, 0.4) is 0 Å². The smallest absolute Gasteiger partial charge is 0.266 e. The van der Waals surface area contributed by atoms with Crippen LogP contribution in [-0.4, -0.2) is 15.0 Å². The molecule has 0 heterocycles. The average molecular weight is 419 g/mol. The standard InChI is InChI=1S/C25H38O3S/c1-2-3-4-5-6-7-8-9-10-11-12-13-16-22-28-29(26,27)25-21-17-19-23-18-14-15-20-24(23)25/h14-15,17-21H,2-13,16,22H2,1H3. The number of benzene rings is 2. The van der Waals surface area contributed by atoms with Gasteiger partial charge in [0.15, 0.2) is 0 Å². The van der Waals surface area contributed by atoms with Gasteiger partial charge in [0.1, 0.15) is 4.90 Å².